The van der Waals surface area contributed by atoms with Gasteiger partial charge in [0, 0.05) is 34.0 Å². The Hall–Kier alpha value is -3.31. The molecule has 2 aromatic rings. The van der Waals surface area contributed by atoms with Gasteiger partial charge in [0.25, 0.3) is 5.91 Å². The van der Waals surface area contributed by atoms with Crippen molar-refractivity contribution in [2.45, 2.75) is 45.4 Å². The van der Waals surface area contributed by atoms with Crippen molar-refractivity contribution in [3.8, 4) is 0 Å². The third kappa shape index (κ3) is 9.28. The van der Waals surface area contributed by atoms with Crippen molar-refractivity contribution in [2.24, 2.45) is 10.8 Å². The van der Waals surface area contributed by atoms with Gasteiger partial charge in [0.05, 0.1) is 11.4 Å². The van der Waals surface area contributed by atoms with Gasteiger partial charge in [-0.1, -0.05) is 29.9 Å². The number of carbonyl (C=O) groups excluding carboxylic acids is 3. The summed E-state index contributed by atoms with van der Waals surface area (Å²) in [5.74, 6) is 4.86. The summed E-state index contributed by atoms with van der Waals surface area (Å²) >= 11 is 1.17. The summed E-state index contributed by atoms with van der Waals surface area (Å²) in [6.45, 7) is 1.92. The van der Waals surface area contributed by atoms with E-state index in [1.54, 1.807) is 19.0 Å². The third-order valence-corrected chi connectivity index (χ3v) is 5.93. The lowest BCUT2D eigenvalue weighted by atomic mass is 10.1. The number of benzene rings is 1. The first-order valence-corrected chi connectivity index (χ1v) is 11.9. The summed E-state index contributed by atoms with van der Waals surface area (Å²) in [5.41, 5.74) is 4.86. The number of carbonyl (C=O) groups is 3. The van der Waals surface area contributed by atoms with Crippen LogP contribution in [0.3, 0.4) is 0 Å². The van der Waals surface area contributed by atoms with E-state index in [1.165, 1.54) is 24.6 Å². The zero-order valence-electron chi connectivity index (χ0n) is 19.9. The van der Waals surface area contributed by atoms with E-state index in [9.17, 15) is 14.4 Å². The fourth-order valence-corrected chi connectivity index (χ4v) is 4.08. The van der Waals surface area contributed by atoms with Crippen LogP contribution in [0.2, 0.25) is 0 Å². The van der Waals surface area contributed by atoms with Crippen molar-refractivity contribution in [1.82, 2.24) is 20.6 Å². The summed E-state index contributed by atoms with van der Waals surface area (Å²) in [6.07, 6.45) is 5.58. The smallest absolute Gasteiger partial charge is 0.263 e. The number of nitrogens with one attached hydrogen (secondary N) is 3. The normalized spacial score (nSPS) is 10.8. The summed E-state index contributed by atoms with van der Waals surface area (Å²) in [5, 5.41) is 6.01. The minimum atomic E-state index is -0.234. The van der Waals surface area contributed by atoms with Gasteiger partial charge in [-0.3, -0.25) is 14.4 Å². The molecule has 0 atom stereocenters. The highest BCUT2D eigenvalue weighted by Crippen LogP contribution is 2.25. The molecule has 0 radical (unpaired) electrons. The maximum atomic E-state index is 12.8. The average Bonchev–Trinajstić information content (AvgIpc) is 3.20. The van der Waals surface area contributed by atoms with Gasteiger partial charge in [0.1, 0.15) is 11.2 Å². The molecule has 11 heteroatoms. The molecule has 184 valence electrons. The first kappa shape index (κ1) is 26.9. The monoisotopic (exact) mass is 487 g/mol. The van der Waals surface area contributed by atoms with E-state index >= 15 is 0 Å². The lowest BCUT2D eigenvalue weighted by molar-refractivity contribution is -0.128. The number of hydrazine groups is 1. The number of nitrogens with two attached hydrogens (primary N) is 1. The standard InChI is InChI=1S/C23H33N7O3S/c1-16(31)28-23-29-19(13-10-17-8-11-18(12-9-17)26-15-27-24)21(34-23)22(33)25-14-6-4-5-7-20(32)30(2)3/h8-9,11-12,15H,4-7,10,13-14,24H2,1-3H3,(H,25,33)(H,26,27)(H,28,29,31). The molecule has 1 aromatic carbocycles. The van der Waals surface area contributed by atoms with Crippen molar-refractivity contribution in [3.05, 3.63) is 40.4 Å². The van der Waals surface area contributed by atoms with Gasteiger partial charge in [-0.15, -0.1) is 0 Å². The van der Waals surface area contributed by atoms with E-state index in [2.05, 4.69) is 26.0 Å². The highest BCUT2D eigenvalue weighted by Gasteiger charge is 2.18. The number of hydrogen-bond donors (Lipinski definition) is 4. The van der Waals surface area contributed by atoms with Gasteiger partial charge in [0.15, 0.2) is 5.13 Å². The van der Waals surface area contributed by atoms with Crippen molar-refractivity contribution in [3.63, 3.8) is 0 Å². The van der Waals surface area contributed by atoms with Crippen molar-refractivity contribution in [2.75, 3.05) is 26.0 Å². The lowest BCUT2D eigenvalue weighted by Gasteiger charge is -2.09. The number of aromatic nitrogens is 1. The van der Waals surface area contributed by atoms with Crippen LogP contribution in [0.5, 0.6) is 0 Å². The number of rotatable bonds is 13. The van der Waals surface area contributed by atoms with Crippen LogP contribution in [0, 0.1) is 0 Å². The van der Waals surface area contributed by atoms with E-state index in [1.807, 2.05) is 24.3 Å². The van der Waals surface area contributed by atoms with Gasteiger partial charge < -0.3 is 21.0 Å². The second-order valence-corrected chi connectivity index (χ2v) is 8.92. The third-order valence-electron chi connectivity index (χ3n) is 4.91. The van der Waals surface area contributed by atoms with E-state index in [-0.39, 0.29) is 17.7 Å². The van der Waals surface area contributed by atoms with Gasteiger partial charge in [-0.25, -0.2) is 15.8 Å². The first-order chi connectivity index (χ1) is 16.3. The number of unbranched alkanes of at least 4 members (excludes halogenated alkanes) is 2. The van der Waals surface area contributed by atoms with Crippen LogP contribution in [-0.4, -0.2) is 54.6 Å². The number of anilines is 1. The van der Waals surface area contributed by atoms with Gasteiger partial charge in [0.2, 0.25) is 11.8 Å². The molecular weight excluding hydrogens is 454 g/mol. The van der Waals surface area contributed by atoms with Crippen LogP contribution in [-0.2, 0) is 22.4 Å². The zero-order chi connectivity index (χ0) is 24.9. The molecule has 0 saturated heterocycles. The summed E-state index contributed by atoms with van der Waals surface area (Å²) in [4.78, 5) is 46.6. The Labute approximate surface area is 204 Å². The number of nitrogens with zero attached hydrogens (tertiary/aromatic N) is 3. The molecule has 1 aromatic heterocycles. The maximum absolute atomic E-state index is 12.8. The van der Waals surface area contributed by atoms with Crippen molar-refractivity contribution in [1.29, 1.82) is 0 Å². The predicted octanol–water partition coefficient (Wildman–Crippen LogP) is 2.39. The van der Waals surface area contributed by atoms with Crippen molar-refractivity contribution >= 4 is 46.2 Å². The maximum Gasteiger partial charge on any atom is 0.263 e. The first-order valence-electron chi connectivity index (χ1n) is 11.1. The second-order valence-electron chi connectivity index (χ2n) is 7.92. The molecule has 0 unspecified atom stereocenters. The molecule has 1 heterocycles. The van der Waals surface area contributed by atoms with Gasteiger partial charge in [-0.2, -0.15) is 0 Å². The molecule has 0 bridgehead atoms. The Balaban J connectivity index is 1.94. The Morgan fingerprint density at radius 1 is 1.12 bits per heavy atom. The van der Waals surface area contributed by atoms with E-state index in [0.717, 1.165) is 30.5 Å². The molecule has 0 fully saturated rings. The molecule has 0 saturated carbocycles. The fourth-order valence-electron chi connectivity index (χ4n) is 3.11. The van der Waals surface area contributed by atoms with Gasteiger partial charge >= 0.3 is 0 Å². The largest absolute Gasteiger partial charge is 0.351 e. The Morgan fingerprint density at radius 2 is 1.85 bits per heavy atom. The molecule has 0 spiro atoms. The molecule has 10 nitrogen and oxygen atoms in total. The summed E-state index contributed by atoms with van der Waals surface area (Å²) < 4.78 is 0. The van der Waals surface area contributed by atoms with Crippen molar-refractivity contribution < 1.29 is 14.4 Å². The number of aryl methyl sites for hydroxylation is 2. The van der Waals surface area contributed by atoms with Crippen LogP contribution in [0.25, 0.3) is 0 Å². The number of hydrogen-bond acceptors (Lipinski definition) is 7. The molecule has 5 N–H and O–H groups in total. The SMILES string of the molecule is CC(=O)Nc1nc(CCc2ccc(N=CNN)cc2)c(C(=O)NCCCCCC(=O)N(C)C)s1. The quantitative estimate of drug-likeness (QED) is 0.112. The Bertz CT molecular complexity index is 987. The number of aliphatic imine (C=N–C) groups is 1. The van der Waals surface area contributed by atoms with Crippen LogP contribution in [0.15, 0.2) is 29.3 Å². The predicted molar refractivity (Wildman–Crippen MR) is 135 cm³/mol. The zero-order valence-corrected chi connectivity index (χ0v) is 20.7. The molecular formula is C23H33N7O3S. The molecule has 3 amide bonds. The summed E-state index contributed by atoms with van der Waals surface area (Å²) in [6, 6.07) is 7.69. The molecule has 0 aliphatic rings. The number of thiazole rings is 1. The minimum absolute atomic E-state index is 0.110. The van der Waals surface area contributed by atoms with Crippen LogP contribution in [0.4, 0.5) is 10.8 Å². The summed E-state index contributed by atoms with van der Waals surface area (Å²) in [7, 11) is 3.49. The van der Waals surface area contributed by atoms with E-state index in [0.29, 0.717) is 41.5 Å². The van der Waals surface area contributed by atoms with Crippen LogP contribution < -0.4 is 21.9 Å². The minimum Gasteiger partial charge on any atom is -0.351 e. The highest BCUT2D eigenvalue weighted by atomic mass is 32.1. The fraction of sp³-hybridized carbons (Fsp3) is 0.435. The van der Waals surface area contributed by atoms with Gasteiger partial charge in [-0.05, 0) is 43.4 Å². The lowest BCUT2D eigenvalue weighted by Crippen LogP contribution is -2.25. The van der Waals surface area contributed by atoms with E-state index < -0.39 is 0 Å². The van der Waals surface area contributed by atoms with Crippen LogP contribution >= 0.6 is 11.3 Å². The Morgan fingerprint density at radius 3 is 2.50 bits per heavy atom. The Kier molecular flexibility index (Phi) is 11.1. The highest BCUT2D eigenvalue weighted by molar-refractivity contribution is 7.17. The number of amides is 3. The van der Waals surface area contributed by atoms with E-state index in [4.69, 9.17) is 5.84 Å². The second kappa shape index (κ2) is 14.1. The molecule has 34 heavy (non-hydrogen) atoms. The van der Waals surface area contributed by atoms with Crippen LogP contribution in [0.1, 0.15) is 53.5 Å². The average molecular weight is 488 g/mol. The molecule has 0 aliphatic heterocycles. The topological polar surface area (TPSA) is 142 Å². The molecule has 0 aliphatic carbocycles. The molecule has 2 rings (SSSR count).